The average Bonchev–Trinajstić information content (AvgIpc) is 1.21. The van der Waals surface area contributed by atoms with Crippen LogP contribution in [-0.2, 0) is 10.1 Å². The van der Waals surface area contributed by atoms with Gasteiger partial charge in [0.2, 0.25) is 0 Å². The Morgan fingerprint density at radius 1 is 1.56 bits per heavy atom. The van der Waals surface area contributed by atoms with E-state index in [-0.39, 0.29) is 23.9 Å². The molecule has 2 radical (unpaired) electrons. The van der Waals surface area contributed by atoms with Crippen LogP contribution in [0.1, 0.15) is 6.92 Å². The van der Waals surface area contributed by atoms with Gasteiger partial charge in [0, 0.05) is 0 Å². The van der Waals surface area contributed by atoms with Gasteiger partial charge in [0.15, 0.2) is 0 Å². The van der Waals surface area contributed by atoms with Crippen molar-refractivity contribution in [2.75, 3.05) is 5.75 Å². The molecule has 0 aliphatic carbocycles. The van der Waals surface area contributed by atoms with Crippen LogP contribution in [0.5, 0.6) is 0 Å². The van der Waals surface area contributed by atoms with Crippen molar-refractivity contribution in [3.05, 3.63) is 0 Å². The fourth-order valence-corrected chi connectivity index (χ4v) is 0.914. The Morgan fingerprint density at radius 2 is 1.89 bits per heavy atom. The zero-order valence-corrected chi connectivity index (χ0v) is 9.96. The van der Waals surface area contributed by atoms with Gasteiger partial charge in [-0.3, -0.25) is 4.55 Å². The second-order valence-corrected chi connectivity index (χ2v) is 3.09. The molecule has 0 saturated heterocycles. The number of aliphatic hydroxyl groups is 1. The van der Waals surface area contributed by atoms with Crippen LogP contribution < -0.4 is 0 Å². The maximum atomic E-state index is 9.84. The van der Waals surface area contributed by atoms with E-state index in [1.807, 2.05) is 0 Å². The number of hydrogen-bond acceptors (Lipinski definition) is 3. The monoisotopic (exact) mass is 262 g/mol. The molecule has 0 amide bonds. The van der Waals surface area contributed by atoms with E-state index >= 15 is 0 Å². The third-order valence-electron chi connectivity index (χ3n) is 0.452. The van der Waals surface area contributed by atoms with Crippen LogP contribution in [0.2, 0.25) is 0 Å². The normalized spacial score (nSPS) is 14.1. The molecule has 0 spiro atoms. The van der Waals surface area contributed by atoms with Crippen LogP contribution in [0, 0.1) is 0 Å². The van der Waals surface area contributed by atoms with Gasteiger partial charge in [0.05, 0.1) is 6.10 Å². The van der Waals surface area contributed by atoms with Crippen LogP contribution in [0.15, 0.2) is 0 Å². The summed E-state index contributed by atoms with van der Waals surface area (Å²) in [5.41, 5.74) is 0. The van der Waals surface area contributed by atoms with Crippen LogP contribution >= 0.6 is 0 Å². The molecule has 0 heterocycles. The summed E-state index contributed by atoms with van der Waals surface area (Å²) < 4.78 is 27.7. The molecule has 0 rings (SSSR count). The van der Waals surface area contributed by atoms with E-state index in [1.54, 1.807) is 0 Å². The van der Waals surface area contributed by atoms with Crippen molar-refractivity contribution in [2.24, 2.45) is 0 Å². The van der Waals surface area contributed by atoms with Crippen molar-refractivity contribution in [2.45, 2.75) is 13.0 Å². The van der Waals surface area contributed by atoms with E-state index in [0.29, 0.717) is 0 Å². The molecule has 1 atom stereocenters. The van der Waals surface area contributed by atoms with Gasteiger partial charge < -0.3 is 5.11 Å². The summed E-state index contributed by atoms with van der Waals surface area (Å²) in [7, 11) is -3.97. The third kappa shape index (κ3) is 12.0. The Kier molecular flexibility index (Phi) is 6.15. The predicted octanol–water partition coefficient (Wildman–Crippen LogP) is -1.66. The Bertz CT molecular complexity index is 149. The fourth-order valence-electron chi connectivity index (χ4n) is 0.305. The Balaban J connectivity index is 0. The molecule has 2 N–H and O–H groups in total. The number of hydrogen-bond donors (Lipinski definition) is 2. The van der Waals surface area contributed by atoms with E-state index in [0.717, 1.165) is 0 Å². The molecule has 4 nitrogen and oxygen atoms in total. The first kappa shape index (κ1) is 12.4. The second kappa shape index (κ2) is 4.48. The van der Waals surface area contributed by atoms with Crippen molar-refractivity contribution < 1.29 is 18.1 Å². The van der Waals surface area contributed by atoms with Gasteiger partial charge in [-0.2, -0.15) is 8.42 Å². The third-order valence-corrected chi connectivity index (χ3v) is 1.36. The molecule has 0 aromatic carbocycles. The van der Waals surface area contributed by atoms with Crippen molar-refractivity contribution >= 4 is 34.0 Å². The molecule has 0 aliphatic heterocycles. The molecule has 0 aromatic rings. The van der Waals surface area contributed by atoms with Crippen LogP contribution in [0.4, 0.5) is 0 Å². The summed E-state index contributed by atoms with van der Waals surface area (Å²) in [5, 5.41) is 8.35. The second-order valence-electron chi connectivity index (χ2n) is 1.60. The zero-order chi connectivity index (χ0) is 6.78. The first-order valence-corrected chi connectivity index (χ1v) is 3.66. The van der Waals surface area contributed by atoms with E-state index < -0.39 is 22.0 Å². The maximum absolute atomic E-state index is 9.84. The van der Waals surface area contributed by atoms with Gasteiger partial charge >= 0.3 is 23.9 Å². The molecule has 0 saturated carbocycles. The Hall–Kier alpha value is 0.669. The van der Waals surface area contributed by atoms with Gasteiger partial charge in [-0.1, -0.05) is 0 Å². The standard InChI is InChI=1S/C3H8O4S.Sn.2H/c1-3(4)2-8(5,6)7;;;/h3-4H,2H2,1H3,(H,5,6,7);;;. The first-order valence-electron chi connectivity index (χ1n) is 2.05. The number of aliphatic hydroxyl groups excluding tert-OH is 1. The van der Waals surface area contributed by atoms with Crippen molar-refractivity contribution in [1.82, 2.24) is 0 Å². The van der Waals surface area contributed by atoms with Crippen molar-refractivity contribution in [3.8, 4) is 0 Å². The minimum atomic E-state index is -3.97. The number of rotatable bonds is 2. The molecule has 0 aliphatic rings. The minimum absolute atomic E-state index is 0. The van der Waals surface area contributed by atoms with E-state index in [1.165, 1.54) is 6.92 Å². The van der Waals surface area contributed by atoms with E-state index in [9.17, 15) is 8.42 Å². The van der Waals surface area contributed by atoms with Gasteiger partial charge in [-0.25, -0.2) is 0 Å². The van der Waals surface area contributed by atoms with Crippen LogP contribution in [0.3, 0.4) is 0 Å². The summed E-state index contributed by atoms with van der Waals surface area (Å²) >= 11 is 0. The van der Waals surface area contributed by atoms with Crippen LogP contribution in [0.25, 0.3) is 0 Å². The molecule has 9 heavy (non-hydrogen) atoms. The van der Waals surface area contributed by atoms with E-state index in [2.05, 4.69) is 0 Å². The molecule has 0 aromatic heterocycles. The van der Waals surface area contributed by atoms with Gasteiger partial charge in [0.25, 0.3) is 10.1 Å². The van der Waals surface area contributed by atoms with Crippen LogP contribution in [-0.4, -0.2) is 53.8 Å². The molecule has 6 heteroatoms. The van der Waals surface area contributed by atoms with E-state index in [4.69, 9.17) is 9.66 Å². The van der Waals surface area contributed by atoms with Crippen molar-refractivity contribution in [3.63, 3.8) is 0 Å². The van der Waals surface area contributed by atoms with Gasteiger partial charge in [-0.15, -0.1) is 0 Å². The summed E-state index contributed by atoms with van der Waals surface area (Å²) in [6, 6.07) is 0. The molecule has 0 fully saturated rings. The molecular weight excluding hydrogens is 251 g/mol. The predicted molar refractivity (Wildman–Crippen MR) is 36.6 cm³/mol. The molecule has 56 valence electrons. The quantitative estimate of drug-likeness (QED) is 0.460. The molecule has 0 bridgehead atoms. The van der Waals surface area contributed by atoms with Crippen molar-refractivity contribution in [1.29, 1.82) is 0 Å². The summed E-state index contributed by atoms with van der Waals surface area (Å²) in [4.78, 5) is 0. The van der Waals surface area contributed by atoms with Gasteiger partial charge in [0.1, 0.15) is 5.75 Å². The summed E-state index contributed by atoms with van der Waals surface area (Å²) in [6.07, 6.45) is -0.995. The Morgan fingerprint density at radius 3 is 1.89 bits per heavy atom. The van der Waals surface area contributed by atoms with Gasteiger partial charge in [-0.05, 0) is 6.92 Å². The summed E-state index contributed by atoms with van der Waals surface area (Å²) in [5.74, 6) is -0.590. The SMILES string of the molecule is CC(O)CS(=O)(=O)O.[SnH2]. The summed E-state index contributed by atoms with van der Waals surface area (Å²) in [6.45, 7) is 1.29. The molecular formula is C3H10O4SSn. The zero-order valence-electron chi connectivity index (χ0n) is 5.11. The topological polar surface area (TPSA) is 74.6 Å². The fraction of sp³-hybridized carbons (Fsp3) is 1.00. The molecule has 1 unspecified atom stereocenters. The average molecular weight is 261 g/mol. The Labute approximate surface area is 71.0 Å². The first-order chi connectivity index (χ1) is 3.42.